The van der Waals surface area contributed by atoms with E-state index in [9.17, 15) is 4.79 Å². The van der Waals surface area contributed by atoms with E-state index in [2.05, 4.69) is 11.1 Å². The molecular formula is C14H16N3O2S+. The normalized spacial score (nSPS) is 13.3. The third kappa shape index (κ3) is 2.10. The van der Waals surface area contributed by atoms with Gasteiger partial charge < -0.3 is 4.74 Å². The molecule has 0 radical (unpaired) electrons. The Kier molecular flexibility index (Phi) is 3.48. The number of fused-ring (bicyclic) bond motifs is 3. The van der Waals surface area contributed by atoms with E-state index in [-0.39, 0.29) is 6.09 Å². The van der Waals surface area contributed by atoms with E-state index in [1.54, 1.807) is 18.7 Å². The lowest BCUT2D eigenvalue weighted by Gasteiger charge is -2.07. The van der Waals surface area contributed by atoms with Crippen molar-refractivity contribution in [2.45, 2.75) is 25.2 Å². The molecule has 20 heavy (non-hydrogen) atoms. The Bertz CT molecular complexity index is 666. The summed E-state index contributed by atoms with van der Waals surface area (Å²) in [6, 6.07) is 8.06. The second kappa shape index (κ2) is 5.28. The van der Waals surface area contributed by atoms with Crippen LogP contribution in [0.4, 0.5) is 4.79 Å². The van der Waals surface area contributed by atoms with E-state index < -0.39 is 0 Å². The molecule has 5 nitrogen and oxygen atoms in total. The minimum Gasteiger partial charge on any atom is -0.447 e. The lowest BCUT2D eigenvalue weighted by atomic mass is 10.3. The number of aromatic nitrogens is 3. The molecule has 0 atom stereocenters. The molecule has 0 fully saturated rings. The summed E-state index contributed by atoms with van der Waals surface area (Å²) in [5.41, 5.74) is 0.985. The predicted molar refractivity (Wildman–Crippen MR) is 75.3 cm³/mol. The molecule has 0 saturated heterocycles. The van der Waals surface area contributed by atoms with Crippen LogP contribution in [0, 0.1) is 6.92 Å². The number of hydrogen-bond donors (Lipinski definition) is 0. The number of carbonyl (C=O) groups is 1. The third-order valence-corrected chi connectivity index (χ3v) is 4.22. The number of nitrogens with zero attached hydrogens (tertiary/aromatic N) is 3. The number of rotatable bonds is 1. The first kappa shape index (κ1) is 13.2. The van der Waals surface area contributed by atoms with Crippen molar-refractivity contribution in [3.05, 3.63) is 35.9 Å². The van der Waals surface area contributed by atoms with Crippen molar-refractivity contribution in [1.29, 1.82) is 0 Å². The van der Waals surface area contributed by atoms with E-state index in [0.29, 0.717) is 12.4 Å². The van der Waals surface area contributed by atoms with Gasteiger partial charge in [0.25, 0.3) is 5.82 Å². The van der Waals surface area contributed by atoms with Gasteiger partial charge in [-0.05, 0) is 24.0 Å². The Morgan fingerprint density at radius 3 is 3.10 bits per heavy atom. The quantitative estimate of drug-likeness (QED) is 0.755. The van der Waals surface area contributed by atoms with Gasteiger partial charge in [0, 0.05) is 12.7 Å². The summed E-state index contributed by atoms with van der Waals surface area (Å²) in [6.45, 7) is 3.98. The fraction of sp³-hybridized carbons (Fsp3) is 0.357. The van der Waals surface area contributed by atoms with Gasteiger partial charge in [0.2, 0.25) is 0 Å². The molecule has 6 heteroatoms. The molecule has 1 aliphatic heterocycles. The predicted octanol–water partition coefficient (Wildman–Crippen LogP) is 2.12. The highest BCUT2D eigenvalue weighted by molar-refractivity contribution is 7.99. The molecule has 0 spiro atoms. The highest BCUT2D eigenvalue weighted by Crippen LogP contribution is 2.26. The summed E-state index contributed by atoms with van der Waals surface area (Å²) >= 11 is 1.78. The van der Waals surface area contributed by atoms with Crippen molar-refractivity contribution in [3.8, 4) is 5.69 Å². The largest absolute Gasteiger partial charge is 0.454 e. The Morgan fingerprint density at radius 1 is 1.50 bits per heavy atom. The molecule has 2 heterocycles. The van der Waals surface area contributed by atoms with Gasteiger partial charge in [0.15, 0.2) is 5.69 Å². The number of aryl methyl sites for hydroxylation is 2. The van der Waals surface area contributed by atoms with Crippen LogP contribution in [0.25, 0.3) is 5.69 Å². The van der Waals surface area contributed by atoms with Crippen molar-refractivity contribution >= 4 is 17.9 Å². The zero-order chi connectivity index (χ0) is 14.1. The number of ether oxygens (including phenoxy) is 1. The fourth-order valence-corrected chi connectivity index (χ4v) is 3.34. The van der Waals surface area contributed by atoms with Crippen molar-refractivity contribution in [3.63, 3.8) is 0 Å². The average Bonchev–Trinajstić information content (AvgIpc) is 2.66. The van der Waals surface area contributed by atoms with E-state index >= 15 is 0 Å². The molecule has 0 saturated carbocycles. The Morgan fingerprint density at radius 2 is 2.30 bits per heavy atom. The molecular weight excluding hydrogens is 274 g/mol. The third-order valence-electron chi connectivity index (χ3n) is 3.16. The minimum atomic E-state index is -0.384. The van der Waals surface area contributed by atoms with E-state index in [0.717, 1.165) is 28.6 Å². The summed E-state index contributed by atoms with van der Waals surface area (Å²) in [4.78, 5) is 17.9. The zero-order valence-electron chi connectivity index (χ0n) is 11.5. The van der Waals surface area contributed by atoms with Gasteiger partial charge in [-0.25, -0.2) is 4.79 Å². The van der Waals surface area contributed by atoms with Crippen LogP contribution in [0.1, 0.15) is 18.6 Å². The van der Waals surface area contributed by atoms with Crippen molar-refractivity contribution in [1.82, 2.24) is 9.67 Å². The van der Waals surface area contributed by atoms with Crippen LogP contribution in [0.2, 0.25) is 0 Å². The first-order valence-corrected chi connectivity index (χ1v) is 7.60. The van der Waals surface area contributed by atoms with Gasteiger partial charge >= 0.3 is 11.9 Å². The van der Waals surface area contributed by atoms with Crippen molar-refractivity contribution in [2.75, 3.05) is 12.4 Å². The van der Waals surface area contributed by atoms with Gasteiger partial charge in [-0.1, -0.05) is 16.8 Å². The summed E-state index contributed by atoms with van der Waals surface area (Å²) in [5, 5.41) is 0. The lowest BCUT2D eigenvalue weighted by molar-refractivity contribution is -0.684. The smallest absolute Gasteiger partial charge is 0.447 e. The minimum absolute atomic E-state index is 0.349. The molecule has 1 aromatic heterocycles. The van der Waals surface area contributed by atoms with E-state index in [1.165, 1.54) is 4.68 Å². The summed E-state index contributed by atoms with van der Waals surface area (Å²) in [7, 11) is 0. The number of thioether (sulfide) groups is 1. The molecule has 104 valence electrons. The first-order chi connectivity index (χ1) is 9.72. The number of para-hydroxylation sites is 1. The maximum atomic E-state index is 12.2. The topological polar surface area (TPSA) is 48.0 Å². The van der Waals surface area contributed by atoms with Crippen molar-refractivity contribution < 1.29 is 14.2 Å². The molecule has 0 aliphatic carbocycles. The standard InChI is InChI=1S/C14H16N3O2S/c1-3-19-14(18)16-10(2)15-13-8-9-20-12-7-5-4-6-11(12)17(13)16/h4-7H,3,8-9H2,1-2H3/q+1. The Labute approximate surface area is 121 Å². The van der Waals surface area contributed by atoms with Crippen LogP contribution in [0.5, 0.6) is 0 Å². The van der Waals surface area contributed by atoms with Crippen LogP contribution < -0.4 is 4.68 Å². The second-order valence-corrected chi connectivity index (χ2v) is 5.60. The molecule has 0 unspecified atom stereocenters. The van der Waals surface area contributed by atoms with Gasteiger partial charge in [-0.3, -0.25) is 0 Å². The number of hydrogen-bond acceptors (Lipinski definition) is 4. The van der Waals surface area contributed by atoms with Crippen molar-refractivity contribution in [2.24, 2.45) is 0 Å². The molecule has 3 rings (SSSR count). The Balaban J connectivity index is 2.22. The van der Waals surface area contributed by atoms with Gasteiger partial charge in [-0.2, -0.15) is 0 Å². The number of carbonyl (C=O) groups excluding carboxylic acids is 1. The zero-order valence-corrected chi connectivity index (χ0v) is 12.3. The summed E-state index contributed by atoms with van der Waals surface area (Å²) in [5.74, 6) is 2.50. The molecule has 1 aromatic carbocycles. The highest BCUT2D eigenvalue weighted by Gasteiger charge is 2.32. The molecule has 0 bridgehead atoms. The lowest BCUT2D eigenvalue weighted by Crippen LogP contribution is -2.47. The SMILES string of the molecule is CCOC(=O)n1c(C)nc2[n+]1-c1ccccc1SCC2. The van der Waals surface area contributed by atoms with E-state index in [1.807, 2.05) is 29.8 Å². The number of benzene rings is 1. The maximum absolute atomic E-state index is 12.2. The molecule has 2 aromatic rings. The van der Waals surface area contributed by atoms with Crippen LogP contribution >= 0.6 is 11.8 Å². The molecule has 0 N–H and O–H groups in total. The molecule has 0 amide bonds. The van der Waals surface area contributed by atoms with Crippen LogP contribution in [-0.2, 0) is 11.2 Å². The fourth-order valence-electron chi connectivity index (χ4n) is 2.36. The van der Waals surface area contributed by atoms with Crippen LogP contribution in [0.15, 0.2) is 29.2 Å². The summed E-state index contributed by atoms with van der Waals surface area (Å²) < 4.78 is 8.54. The van der Waals surface area contributed by atoms with E-state index in [4.69, 9.17) is 4.74 Å². The first-order valence-electron chi connectivity index (χ1n) is 6.62. The highest BCUT2D eigenvalue weighted by atomic mass is 32.2. The van der Waals surface area contributed by atoms with Crippen LogP contribution in [0.3, 0.4) is 0 Å². The monoisotopic (exact) mass is 290 g/mol. The molecule has 1 aliphatic rings. The Hall–Kier alpha value is -1.82. The second-order valence-electron chi connectivity index (χ2n) is 4.46. The van der Waals surface area contributed by atoms with Crippen LogP contribution in [-0.4, -0.2) is 28.1 Å². The van der Waals surface area contributed by atoms with Gasteiger partial charge in [0.05, 0.1) is 17.9 Å². The maximum Gasteiger partial charge on any atom is 0.454 e. The summed E-state index contributed by atoms with van der Waals surface area (Å²) in [6.07, 6.45) is 0.442. The average molecular weight is 290 g/mol. The van der Waals surface area contributed by atoms with Gasteiger partial charge in [-0.15, -0.1) is 16.4 Å². The van der Waals surface area contributed by atoms with Gasteiger partial charge in [0.1, 0.15) is 0 Å².